The first kappa shape index (κ1) is 11.8. The van der Waals surface area contributed by atoms with Gasteiger partial charge in [-0.2, -0.15) is 0 Å². The van der Waals surface area contributed by atoms with Crippen LogP contribution in [0, 0.1) is 0 Å². The molecule has 0 spiro atoms. The molecule has 0 atom stereocenters. The summed E-state index contributed by atoms with van der Waals surface area (Å²) >= 11 is 5.19. The molecule has 0 N–H and O–H groups in total. The van der Waals surface area contributed by atoms with Gasteiger partial charge in [-0.05, 0) is 43.4 Å². The molecule has 14 heavy (non-hydrogen) atoms. The Balaban J connectivity index is 2.25. The van der Waals surface area contributed by atoms with Crippen LogP contribution in [0.15, 0.2) is 33.6 Å². The minimum atomic E-state index is 0.279. The van der Waals surface area contributed by atoms with Gasteiger partial charge >= 0.3 is 0 Å². The molecule has 1 aromatic rings. The fraction of sp³-hybridized carbons (Fsp3) is 0.364. The van der Waals surface area contributed by atoms with Crippen LogP contribution in [0.5, 0.6) is 0 Å². The van der Waals surface area contributed by atoms with Gasteiger partial charge < -0.3 is 4.79 Å². The van der Waals surface area contributed by atoms with Crippen molar-refractivity contribution in [2.75, 3.05) is 5.75 Å². The van der Waals surface area contributed by atoms with Crippen LogP contribution in [0.3, 0.4) is 0 Å². The van der Waals surface area contributed by atoms with Crippen molar-refractivity contribution < 1.29 is 4.79 Å². The lowest BCUT2D eigenvalue weighted by atomic mass is 10.3. The molecule has 1 aromatic carbocycles. The molecule has 0 radical (unpaired) electrons. The number of halogens is 1. The third kappa shape index (κ3) is 4.82. The molecule has 0 unspecified atom stereocenters. The highest BCUT2D eigenvalue weighted by molar-refractivity contribution is 9.10. The van der Waals surface area contributed by atoms with Crippen LogP contribution < -0.4 is 0 Å². The van der Waals surface area contributed by atoms with Crippen LogP contribution in [-0.4, -0.2) is 11.5 Å². The summed E-state index contributed by atoms with van der Waals surface area (Å²) in [7, 11) is 0. The van der Waals surface area contributed by atoms with Gasteiger partial charge in [-0.25, -0.2) is 0 Å². The topological polar surface area (TPSA) is 17.1 Å². The quantitative estimate of drug-likeness (QED) is 0.597. The van der Waals surface area contributed by atoms with E-state index in [0.717, 1.165) is 16.6 Å². The predicted octanol–water partition coefficient (Wildman–Crippen LogP) is 3.91. The third-order valence-corrected chi connectivity index (χ3v) is 3.38. The summed E-state index contributed by atoms with van der Waals surface area (Å²) in [6.07, 6.45) is 1.67. The molecule has 0 saturated carbocycles. The van der Waals surface area contributed by atoms with E-state index in [1.165, 1.54) is 4.90 Å². The molecule has 0 aliphatic carbocycles. The van der Waals surface area contributed by atoms with Gasteiger partial charge in [-0.15, -0.1) is 11.8 Å². The number of carbonyl (C=O) groups excluding carboxylic acids is 1. The van der Waals surface area contributed by atoms with Gasteiger partial charge in [0, 0.05) is 15.8 Å². The highest BCUT2D eigenvalue weighted by Crippen LogP contribution is 2.21. The summed E-state index contributed by atoms with van der Waals surface area (Å²) in [6.45, 7) is 1.64. The minimum absolute atomic E-state index is 0.279. The van der Waals surface area contributed by atoms with E-state index in [4.69, 9.17) is 0 Å². The molecule has 0 aromatic heterocycles. The van der Waals surface area contributed by atoms with Gasteiger partial charge in [-0.3, -0.25) is 0 Å². The lowest BCUT2D eigenvalue weighted by Crippen LogP contribution is -1.90. The van der Waals surface area contributed by atoms with Crippen molar-refractivity contribution in [3.63, 3.8) is 0 Å². The fourth-order valence-electron chi connectivity index (χ4n) is 1.04. The first-order chi connectivity index (χ1) is 6.68. The Labute approximate surface area is 97.4 Å². The second-order valence-electron chi connectivity index (χ2n) is 3.11. The van der Waals surface area contributed by atoms with E-state index in [-0.39, 0.29) is 5.78 Å². The molecule has 0 amide bonds. The molecule has 0 heterocycles. The van der Waals surface area contributed by atoms with Gasteiger partial charge in [0.1, 0.15) is 5.78 Å². The Morgan fingerprint density at radius 3 is 2.57 bits per heavy atom. The number of rotatable bonds is 5. The maximum atomic E-state index is 10.7. The Morgan fingerprint density at radius 2 is 2.00 bits per heavy atom. The Morgan fingerprint density at radius 1 is 1.36 bits per heavy atom. The number of thioether (sulfide) groups is 1. The summed E-state index contributed by atoms with van der Waals surface area (Å²) in [5.74, 6) is 1.29. The SMILES string of the molecule is CC(=O)CCCSc1ccc(Br)cc1. The summed E-state index contributed by atoms with van der Waals surface area (Å²) in [5.41, 5.74) is 0. The maximum absolute atomic E-state index is 10.7. The van der Waals surface area contributed by atoms with Gasteiger partial charge in [0.25, 0.3) is 0 Å². The smallest absolute Gasteiger partial charge is 0.129 e. The van der Waals surface area contributed by atoms with Gasteiger partial charge in [-0.1, -0.05) is 15.9 Å². The lowest BCUT2D eigenvalue weighted by molar-refractivity contribution is -0.117. The summed E-state index contributed by atoms with van der Waals surface area (Å²) < 4.78 is 1.10. The van der Waals surface area contributed by atoms with Crippen LogP contribution in [0.25, 0.3) is 0 Å². The lowest BCUT2D eigenvalue weighted by Gasteiger charge is -2.00. The molecule has 1 nitrogen and oxygen atoms in total. The predicted molar refractivity (Wildman–Crippen MR) is 64.8 cm³/mol. The van der Waals surface area contributed by atoms with E-state index in [0.29, 0.717) is 6.42 Å². The fourth-order valence-corrected chi connectivity index (χ4v) is 2.16. The van der Waals surface area contributed by atoms with E-state index >= 15 is 0 Å². The molecule has 1 rings (SSSR count). The van der Waals surface area contributed by atoms with Crippen molar-refractivity contribution in [1.82, 2.24) is 0 Å². The zero-order valence-corrected chi connectivity index (χ0v) is 10.5. The molecule has 3 heteroatoms. The van der Waals surface area contributed by atoms with E-state index in [1.807, 2.05) is 12.1 Å². The monoisotopic (exact) mass is 272 g/mol. The third-order valence-electron chi connectivity index (χ3n) is 1.76. The van der Waals surface area contributed by atoms with Gasteiger partial charge in [0.05, 0.1) is 0 Å². The Kier molecular flexibility index (Phi) is 5.26. The molecule has 0 fully saturated rings. The zero-order valence-electron chi connectivity index (χ0n) is 8.13. The number of benzene rings is 1. The number of ketones is 1. The molecule has 0 bridgehead atoms. The molecular weight excluding hydrogens is 260 g/mol. The van der Waals surface area contributed by atoms with Crippen LogP contribution in [0.4, 0.5) is 0 Å². The standard InChI is InChI=1S/C11H13BrOS/c1-9(13)3-2-8-14-11-6-4-10(12)5-7-11/h4-7H,2-3,8H2,1H3. The Bertz CT molecular complexity index is 295. The summed E-state index contributed by atoms with van der Waals surface area (Å²) in [5, 5.41) is 0. The highest BCUT2D eigenvalue weighted by Gasteiger charge is 1.96. The first-order valence-electron chi connectivity index (χ1n) is 4.56. The van der Waals surface area contributed by atoms with E-state index < -0.39 is 0 Å². The van der Waals surface area contributed by atoms with Crippen LogP contribution in [0.1, 0.15) is 19.8 Å². The molecular formula is C11H13BrOS. The minimum Gasteiger partial charge on any atom is -0.300 e. The van der Waals surface area contributed by atoms with Crippen molar-refractivity contribution >= 4 is 33.5 Å². The van der Waals surface area contributed by atoms with Crippen molar-refractivity contribution in [3.8, 4) is 0 Å². The molecule has 0 aliphatic heterocycles. The number of hydrogen-bond acceptors (Lipinski definition) is 2. The van der Waals surface area contributed by atoms with Crippen molar-refractivity contribution in [1.29, 1.82) is 0 Å². The average Bonchev–Trinajstić information content (AvgIpc) is 2.15. The number of hydrogen-bond donors (Lipinski definition) is 0. The van der Waals surface area contributed by atoms with Crippen molar-refractivity contribution in [3.05, 3.63) is 28.7 Å². The molecule has 0 saturated heterocycles. The van der Waals surface area contributed by atoms with Crippen LogP contribution in [-0.2, 0) is 4.79 Å². The van der Waals surface area contributed by atoms with E-state index in [1.54, 1.807) is 18.7 Å². The average molecular weight is 273 g/mol. The largest absolute Gasteiger partial charge is 0.300 e. The van der Waals surface area contributed by atoms with E-state index in [9.17, 15) is 4.79 Å². The molecule has 76 valence electrons. The number of carbonyl (C=O) groups is 1. The normalized spacial score (nSPS) is 10.1. The van der Waals surface area contributed by atoms with Crippen molar-refractivity contribution in [2.24, 2.45) is 0 Å². The second-order valence-corrected chi connectivity index (χ2v) is 5.19. The second kappa shape index (κ2) is 6.25. The van der Waals surface area contributed by atoms with E-state index in [2.05, 4.69) is 28.1 Å². The summed E-state index contributed by atoms with van der Waals surface area (Å²) in [6, 6.07) is 8.24. The first-order valence-corrected chi connectivity index (χ1v) is 6.34. The summed E-state index contributed by atoms with van der Waals surface area (Å²) in [4.78, 5) is 11.9. The molecule has 0 aliphatic rings. The van der Waals surface area contributed by atoms with Crippen LogP contribution in [0.2, 0.25) is 0 Å². The van der Waals surface area contributed by atoms with Gasteiger partial charge in [0.2, 0.25) is 0 Å². The maximum Gasteiger partial charge on any atom is 0.129 e. The zero-order chi connectivity index (χ0) is 10.4. The van der Waals surface area contributed by atoms with Gasteiger partial charge in [0.15, 0.2) is 0 Å². The van der Waals surface area contributed by atoms with Crippen LogP contribution >= 0.6 is 27.7 Å². The Hall–Kier alpha value is -0.280. The highest BCUT2D eigenvalue weighted by atomic mass is 79.9. The van der Waals surface area contributed by atoms with Crippen molar-refractivity contribution in [2.45, 2.75) is 24.7 Å². The number of Topliss-reactive ketones (excluding diaryl/α,β-unsaturated/α-hetero) is 1.